The molecule has 1 saturated carbocycles. The zero-order chi connectivity index (χ0) is 13.1. The van der Waals surface area contributed by atoms with E-state index >= 15 is 0 Å². The normalized spacial score (nSPS) is 15.8. The van der Waals surface area contributed by atoms with Gasteiger partial charge in [-0.1, -0.05) is 13.8 Å². The van der Waals surface area contributed by atoms with Crippen molar-refractivity contribution in [3.8, 4) is 0 Å². The van der Waals surface area contributed by atoms with Gasteiger partial charge in [0.25, 0.3) is 5.91 Å². The molecule has 5 nitrogen and oxygen atoms in total. The summed E-state index contributed by atoms with van der Waals surface area (Å²) in [6.45, 7) is 4.52. The van der Waals surface area contributed by atoms with E-state index in [1.807, 2.05) is 13.8 Å². The number of carbonyl (C=O) groups is 1. The van der Waals surface area contributed by atoms with Crippen molar-refractivity contribution >= 4 is 18.3 Å². The smallest absolute Gasteiger partial charge is 0.254 e. The molecule has 0 aliphatic heterocycles. The molecule has 1 heterocycles. The first-order valence-electron chi connectivity index (χ1n) is 6.44. The predicted molar refractivity (Wildman–Crippen MR) is 76.4 cm³/mol. The Labute approximate surface area is 119 Å². The average Bonchev–Trinajstić information content (AvgIpc) is 3.19. The molecule has 0 radical (unpaired) electrons. The van der Waals surface area contributed by atoms with E-state index in [1.54, 1.807) is 6.20 Å². The maximum atomic E-state index is 12.2. The highest BCUT2D eigenvalue weighted by Crippen LogP contribution is 2.32. The summed E-state index contributed by atoms with van der Waals surface area (Å²) in [7, 11) is 0. The Hall–Kier alpha value is -1.20. The molecule has 1 amide bonds. The number of hydrogen-bond acceptors (Lipinski definition) is 4. The lowest BCUT2D eigenvalue weighted by molar-refractivity contribution is 0.0931. The van der Waals surface area contributed by atoms with Crippen LogP contribution in [-0.2, 0) is 0 Å². The summed E-state index contributed by atoms with van der Waals surface area (Å²) < 4.78 is 0. The van der Waals surface area contributed by atoms with Crippen LogP contribution in [0.1, 0.15) is 48.7 Å². The molecule has 1 aliphatic rings. The van der Waals surface area contributed by atoms with Crippen molar-refractivity contribution < 1.29 is 4.79 Å². The first-order valence-corrected chi connectivity index (χ1v) is 6.44. The summed E-state index contributed by atoms with van der Waals surface area (Å²) in [6.07, 6.45) is 5.38. The zero-order valence-electron chi connectivity index (χ0n) is 11.3. The molecule has 0 bridgehead atoms. The Morgan fingerprint density at radius 2 is 2.21 bits per heavy atom. The molecule has 1 aromatic rings. The molecule has 1 aromatic heterocycles. The summed E-state index contributed by atoms with van der Waals surface area (Å²) in [5.41, 5.74) is 7.04. The SMILES string of the molecule is CC(C)c1ncncc1C(=O)NC(CN)C1CC1.Cl. The largest absolute Gasteiger partial charge is 0.348 e. The molecule has 1 fully saturated rings. The van der Waals surface area contributed by atoms with Crippen LogP contribution in [0.15, 0.2) is 12.5 Å². The van der Waals surface area contributed by atoms with Gasteiger partial charge in [-0.15, -0.1) is 12.4 Å². The molecule has 0 aromatic carbocycles. The zero-order valence-corrected chi connectivity index (χ0v) is 12.1. The van der Waals surface area contributed by atoms with E-state index in [4.69, 9.17) is 5.73 Å². The van der Waals surface area contributed by atoms with Gasteiger partial charge in [0.15, 0.2) is 0 Å². The highest BCUT2D eigenvalue weighted by molar-refractivity contribution is 5.95. The monoisotopic (exact) mass is 284 g/mol. The van der Waals surface area contributed by atoms with Crippen molar-refractivity contribution in [2.75, 3.05) is 6.54 Å². The number of rotatable bonds is 5. The van der Waals surface area contributed by atoms with Gasteiger partial charge in [-0.2, -0.15) is 0 Å². The lowest BCUT2D eigenvalue weighted by Gasteiger charge is -2.17. The van der Waals surface area contributed by atoms with E-state index < -0.39 is 0 Å². The molecule has 2 rings (SSSR count). The van der Waals surface area contributed by atoms with Crippen LogP contribution in [0.2, 0.25) is 0 Å². The van der Waals surface area contributed by atoms with Crippen LogP contribution in [0.5, 0.6) is 0 Å². The van der Waals surface area contributed by atoms with Crippen molar-refractivity contribution in [1.82, 2.24) is 15.3 Å². The predicted octanol–water partition coefficient (Wildman–Crippen LogP) is 1.49. The van der Waals surface area contributed by atoms with Gasteiger partial charge in [-0.05, 0) is 24.7 Å². The minimum Gasteiger partial charge on any atom is -0.348 e. The number of nitrogens with zero attached hydrogens (tertiary/aromatic N) is 2. The second kappa shape index (κ2) is 6.82. The van der Waals surface area contributed by atoms with Crippen LogP contribution < -0.4 is 11.1 Å². The molecule has 0 saturated heterocycles. The third-order valence-corrected chi connectivity index (χ3v) is 3.30. The minimum absolute atomic E-state index is 0. The minimum atomic E-state index is -0.110. The van der Waals surface area contributed by atoms with Gasteiger partial charge in [0.1, 0.15) is 6.33 Å². The number of nitrogens with two attached hydrogens (primary N) is 1. The Kier molecular flexibility index (Phi) is 5.69. The van der Waals surface area contributed by atoms with Crippen molar-refractivity contribution in [3.05, 3.63) is 23.8 Å². The van der Waals surface area contributed by atoms with Gasteiger partial charge < -0.3 is 11.1 Å². The third kappa shape index (κ3) is 3.88. The highest BCUT2D eigenvalue weighted by atomic mass is 35.5. The lowest BCUT2D eigenvalue weighted by atomic mass is 10.0. The Balaban J connectivity index is 0.00000180. The fourth-order valence-corrected chi connectivity index (χ4v) is 2.09. The number of amides is 1. The van der Waals surface area contributed by atoms with Gasteiger partial charge in [-0.3, -0.25) is 4.79 Å². The third-order valence-electron chi connectivity index (χ3n) is 3.30. The summed E-state index contributed by atoms with van der Waals surface area (Å²) in [4.78, 5) is 20.4. The van der Waals surface area contributed by atoms with Crippen LogP contribution >= 0.6 is 12.4 Å². The summed E-state index contributed by atoms with van der Waals surface area (Å²) >= 11 is 0. The number of halogens is 1. The van der Waals surface area contributed by atoms with E-state index in [1.165, 1.54) is 6.33 Å². The molecule has 19 heavy (non-hydrogen) atoms. The van der Waals surface area contributed by atoms with E-state index in [2.05, 4.69) is 15.3 Å². The van der Waals surface area contributed by atoms with Crippen LogP contribution in [-0.4, -0.2) is 28.5 Å². The second-order valence-electron chi connectivity index (χ2n) is 5.13. The summed E-state index contributed by atoms with van der Waals surface area (Å²) in [5.74, 6) is 0.638. The van der Waals surface area contributed by atoms with E-state index in [0.29, 0.717) is 18.0 Å². The molecule has 3 N–H and O–H groups in total. The molecule has 0 spiro atoms. The first kappa shape index (κ1) is 15.9. The Morgan fingerprint density at radius 1 is 1.53 bits per heavy atom. The van der Waals surface area contributed by atoms with Gasteiger partial charge in [-0.25, -0.2) is 9.97 Å². The molecule has 1 aliphatic carbocycles. The molecule has 1 unspecified atom stereocenters. The number of carbonyl (C=O) groups excluding carboxylic acids is 1. The molecular formula is C13H21ClN4O. The molecule has 6 heteroatoms. The van der Waals surface area contributed by atoms with Gasteiger partial charge in [0.05, 0.1) is 11.3 Å². The van der Waals surface area contributed by atoms with Crippen LogP contribution in [0, 0.1) is 5.92 Å². The molecule has 1 atom stereocenters. The van der Waals surface area contributed by atoms with Crippen molar-refractivity contribution in [2.45, 2.75) is 38.6 Å². The maximum absolute atomic E-state index is 12.2. The fraction of sp³-hybridized carbons (Fsp3) is 0.615. The Morgan fingerprint density at radius 3 is 2.74 bits per heavy atom. The van der Waals surface area contributed by atoms with Crippen LogP contribution in [0.4, 0.5) is 0 Å². The first-order chi connectivity index (χ1) is 8.63. The van der Waals surface area contributed by atoms with Crippen molar-refractivity contribution in [2.24, 2.45) is 11.7 Å². The number of nitrogens with one attached hydrogen (secondary N) is 1. The summed E-state index contributed by atoms with van der Waals surface area (Å²) in [6, 6.07) is 0.0812. The van der Waals surface area contributed by atoms with Crippen LogP contribution in [0.25, 0.3) is 0 Å². The highest BCUT2D eigenvalue weighted by Gasteiger charge is 2.32. The van der Waals surface area contributed by atoms with Crippen molar-refractivity contribution in [3.63, 3.8) is 0 Å². The van der Waals surface area contributed by atoms with E-state index in [0.717, 1.165) is 18.5 Å². The average molecular weight is 285 g/mol. The Bertz CT molecular complexity index is 434. The van der Waals surface area contributed by atoms with Gasteiger partial charge in [0, 0.05) is 18.8 Å². The second-order valence-corrected chi connectivity index (χ2v) is 5.13. The van der Waals surface area contributed by atoms with Crippen molar-refractivity contribution in [1.29, 1.82) is 0 Å². The number of hydrogen-bond donors (Lipinski definition) is 2. The fourth-order valence-electron chi connectivity index (χ4n) is 2.09. The van der Waals surface area contributed by atoms with Gasteiger partial charge >= 0.3 is 0 Å². The maximum Gasteiger partial charge on any atom is 0.254 e. The lowest BCUT2D eigenvalue weighted by Crippen LogP contribution is -2.42. The van der Waals surface area contributed by atoms with E-state index in [-0.39, 0.29) is 30.3 Å². The van der Waals surface area contributed by atoms with E-state index in [9.17, 15) is 4.79 Å². The molecule has 106 valence electrons. The quantitative estimate of drug-likeness (QED) is 0.858. The number of aromatic nitrogens is 2. The topological polar surface area (TPSA) is 80.9 Å². The summed E-state index contributed by atoms with van der Waals surface area (Å²) in [5, 5.41) is 3.00. The standard InChI is InChI=1S/C13H20N4O.ClH/c1-8(2)12-10(6-15-7-16-12)13(18)17-11(5-14)9-3-4-9;/h6-9,11H,3-5,14H2,1-2H3,(H,17,18);1H. The molecular weight excluding hydrogens is 264 g/mol. The van der Waals surface area contributed by atoms with Crippen LogP contribution in [0.3, 0.4) is 0 Å². The van der Waals surface area contributed by atoms with Gasteiger partial charge in [0.2, 0.25) is 0 Å².